The van der Waals surface area contributed by atoms with E-state index in [1.54, 1.807) is 0 Å². The zero-order chi connectivity index (χ0) is 13.9. The van der Waals surface area contributed by atoms with Crippen molar-refractivity contribution in [2.45, 2.75) is 24.2 Å². The van der Waals surface area contributed by atoms with Gasteiger partial charge in [0, 0.05) is 4.90 Å². The molecule has 0 atom stereocenters. The van der Waals surface area contributed by atoms with Gasteiger partial charge in [0.2, 0.25) is 0 Å². The molecule has 0 aliphatic heterocycles. The zero-order valence-corrected chi connectivity index (χ0v) is 13.1. The van der Waals surface area contributed by atoms with Crippen molar-refractivity contribution >= 4 is 46.8 Å². The van der Waals surface area contributed by atoms with Crippen LogP contribution in [0.2, 0.25) is 0 Å². The second kappa shape index (κ2) is 6.11. The Morgan fingerprint density at radius 1 is 0.700 bits per heavy atom. The van der Waals surface area contributed by atoms with Crippen molar-refractivity contribution in [3.8, 4) is 0 Å². The maximum Gasteiger partial charge on any atom is 0.00463 e. The van der Waals surface area contributed by atoms with E-state index in [1.165, 1.54) is 39.9 Å². The van der Waals surface area contributed by atoms with Crippen LogP contribution in [0.1, 0.15) is 18.4 Å². The topological polar surface area (TPSA) is 0 Å². The molecule has 0 radical (unpaired) electrons. The molecular formula is C18H18S2. The summed E-state index contributed by atoms with van der Waals surface area (Å²) in [5.74, 6) is 0.976. The van der Waals surface area contributed by atoms with Gasteiger partial charge in [0.25, 0.3) is 0 Å². The van der Waals surface area contributed by atoms with Gasteiger partial charge in [-0.05, 0) is 76.4 Å². The van der Waals surface area contributed by atoms with Gasteiger partial charge in [-0.3, -0.25) is 0 Å². The summed E-state index contributed by atoms with van der Waals surface area (Å²) in [6, 6.07) is 17.6. The molecule has 0 aliphatic rings. The highest BCUT2D eigenvalue weighted by atomic mass is 32.1. The Hall–Kier alpha value is -1.12. The van der Waals surface area contributed by atoms with Gasteiger partial charge >= 0.3 is 0 Å². The van der Waals surface area contributed by atoms with Crippen molar-refractivity contribution in [3.05, 3.63) is 54.1 Å². The monoisotopic (exact) mass is 298 g/mol. The summed E-state index contributed by atoms with van der Waals surface area (Å²) in [6.07, 6.45) is 3.54. The first-order valence-corrected chi connectivity index (χ1v) is 8.10. The first kappa shape index (κ1) is 13.8. The van der Waals surface area contributed by atoms with E-state index in [9.17, 15) is 0 Å². The normalized spacial score (nSPS) is 11.3. The van der Waals surface area contributed by atoms with Crippen LogP contribution in [0.3, 0.4) is 0 Å². The SMILES string of the molecule is SCCCCc1ccc2cc3cc(S)ccc3cc2c1. The lowest BCUT2D eigenvalue weighted by Crippen LogP contribution is -1.87. The number of unbranched alkanes of at least 4 members (excludes halogenated alkanes) is 1. The summed E-state index contributed by atoms with van der Waals surface area (Å²) in [5, 5.41) is 5.16. The van der Waals surface area contributed by atoms with E-state index in [0.29, 0.717) is 0 Å². The molecule has 3 aromatic rings. The summed E-state index contributed by atoms with van der Waals surface area (Å²) in [7, 11) is 0. The number of aryl methyl sites for hydroxylation is 1. The average Bonchev–Trinajstić information content (AvgIpc) is 2.45. The third kappa shape index (κ3) is 2.97. The molecule has 0 spiro atoms. The Labute approximate surface area is 131 Å². The second-order valence-electron chi connectivity index (χ2n) is 5.25. The van der Waals surface area contributed by atoms with E-state index < -0.39 is 0 Å². The minimum Gasteiger partial charge on any atom is -0.179 e. The molecule has 0 bridgehead atoms. The van der Waals surface area contributed by atoms with Gasteiger partial charge in [0.15, 0.2) is 0 Å². The molecule has 2 heteroatoms. The highest BCUT2D eigenvalue weighted by Crippen LogP contribution is 2.26. The van der Waals surface area contributed by atoms with Crippen LogP contribution in [-0.4, -0.2) is 5.75 Å². The fourth-order valence-corrected chi connectivity index (χ4v) is 3.07. The molecule has 0 fully saturated rings. The van der Waals surface area contributed by atoms with Crippen LogP contribution in [0.15, 0.2) is 53.4 Å². The van der Waals surface area contributed by atoms with E-state index >= 15 is 0 Å². The second-order valence-corrected chi connectivity index (χ2v) is 6.21. The molecule has 0 saturated carbocycles. The molecule has 0 saturated heterocycles. The number of thiol groups is 2. The summed E-state index contributed by atoms with van der Waals surface area (Å²) >= 11 is 8.68. The fraction of sp³-hybridized carbons (Fsp3) is 0.222. The maximum absolute atomic E-state index is 4.41. The van der Waals surface area contributed by atoms with Gasteiger partial charge in [0.05, 0.1) is 0 Å². The van der Waals surface area contributed by atoms with Gasteiger partial charge in [0.1, 0.15) is 0 Å². The molecule has 0 aromatic heterocycles. The van der Waals surface area contributed by atoms with Gasteiger partial charge in [-0.2, -0.15) is 12.6 Å². The molecule has 0 nitrogen and oxygen atoms in total. The molecule has 0 heterocycles. The lowest BCUT2D eigenvalue weighted by Gasteiger charge is -2.06. The standard InChI is InChI=1S/C18H18S2/c19-8-2-1-3-13-4-5-14-11-17-12-18(20)7-6-15(17)10-16(14)9-13/h4-7,9-12,19-20H,1-3,8H2. The molecule has 0 aliphatic carbocycles. The Bertz CT molecular complexity index is 747. The van der Waals surface area contributed by atoms with E-state index in [2.05, 4.69) is 67.7 Å². The van der Waals surface area contributed by atoms with E-state index in [1.807, 2.05) is 6.07 Å². The van der Waals surface area contributed by atoms with Crippen molar-refractivity contribution < 1.29 is 0 Å². The molecule has 3 rings (SSSR count). The van der Waals surface area contributed by atoms with Gasteiger partial charge in [-0.25, -0.2) is 0 Å². The lowest BCUT2D eigenvalue weighted by atomic mass is 10.00. The molecular weight excluding hydrogens is 280 g/mol. The third-order valence-electron chi connectivity index (χ3n) is 3.72. The summed E-state index contributed by atoms with van der Waals surface area (Å²) < 4.78 is 0. The molecule has 0 unspecified atom stereocenters. The highest BCUT2D eigenvalue weighted by molar-refractivity contribution is 7.80. The Kier molecular flexibility index (Phi) is 4.23. The van der Waals surface area contributed by atoms with Crippen LogP contribution >= 0.6 is 25.3 Å². The van der Waals surface area contributed by atoms with Crippen LogP contribution in [-0.2, 0) is 6.42 Å². The van der Waals surface area contributed by atoms with Crippen molar-refractivity contribution in [3.63, 3.8) is 0 Å². The molecule has 0 N–H and O–H groups in total. The predicted octanol–water partition coefficient (Wildman–Crippen LogP) is 5.53. The lowest BCUT2D eigenvalue weighted by molar-refractivity contribution is 0.805. The van der Waals surface area contributed by atoms with Crippen molar-refractivity contribution in [1.82, 2.24) is 0 Å². The molecule has 3 aromatic carbocycles. The minimum absolute atomic E-state index is 0.976. The van der Waals surface area contributed by atoms with E-state index in [-0.39, 0.29) is 0 Å². The number of rotatable bonds is 4. The summed E-state index contributed by atoms with van der Waals surface area (Å²) in [5.41, 5.74) is 1.42. The summed E-state index contributed by atoms with van der Waals surface area (Å²) in [4.78, 5) is 1.01. The maximum atomic E-state index is 4.41. The Morgan fingerprint density at radius 3 is 2.15 bits per heavy atom. The smallest absolute Gasteiger partial charge is 0.00463 e. The van der Waals surface area contributed by atoms with Crippen molar-refractivity contribution in [1.29, 1.82) is 0 Å². The van der Waals surface area contributed by atoms with E-state index in [4.69, 9.17) is 0 Å². The van der Waals surface area contributed by atoms with Gasteiger partial charge in [-0.15, -0.1) is 12.6 Å². The largest absolute Gasteiger partial charge is 0.179 e. The van der Waals surface area contributed by atoms with Crippen LogP contribution in [0, 0.1) is 0 Å². The molecule has 102 valence electrons. The number of hydrogen-bond acceptors (Lipinski definition) is 2. The zero-order valence-electron chi connectivity index (χ0n) is 11.3. The number of hydrogen-bond donors (Lipinski definition) is 2. The first-order chi connectivity index (χ1) is 9.76. The van der Waals surface area contributed by atoms with Crippen molar-refractivity contribution in [2.75, 3.05) is 5.75 Å². The van der Waals surface area contributed by atoms with Crippen LogP contribution in [0.4, 0.5) is 0 Å². The quantitative estimate of drug-likeness (QED) is 0.353. The highest BCUT2D eigenvalue weighted by Gasteiger charge is 2.01. The summed E-state index contributed by atoms with van der Waals surface area (Å²) in [6.45, 7) is 0. The number of benzene rings is 3. The minimum atomic E-state index is 0.976. The van der Waals surface area contributed by atoms with Gasteiger partial charge < -0.3 is 0 Å². The Balaban J connectivity index is 2.01. The van der Waals surface area contributed by atoms with Crippen LogP contribution < -0.4 is 0 Å². The third-order valence-corrected chi connectivity index (χ3v) is 4.31. The van der Waals surface area contributed by atoms with Crippen LogP contribution in [0.25, 0.3) is 21.5 Å². The van der Waals surface area contributed by atoms with Crippen molar-refractivity contribution in [2.24, 2.45) is 0 Å². The molecule has 0 amide bonds. The first-order valence-electron chi connectivity index (χ1n) is 7.02. The average molecular weight is 298 g/mol. The fourth-order valence-electron chi connectivity index (χ4n) is 2.63. The van der Waals surface area contributed by atoms with E-state index in [0.717, 1.165) is 17.1 Å². The number of fused-ring (bicyclic) bond motifs is 2. The van der Waals surface area contributed by atoms with Gasteiger partial charge in [-0.1, -0.05) is 24.3 Å². The van der Waals surface area contributed by atoms with Crippen LogP contribution in [0.5, 0.6) is 0 Å². The molecule has 20 heavy (non-hydrogen) atoms. The predicted molar refractivity (Wildman–Crippen MR) is 95.5 cm³/mol. The Morgan fingerprint density at radius 2 is 1.40 bits per heavy atom.